The average Bonchev–Trinajstić information content (AvgIpc) is 2.20. The van der Waals surface area contributed by atoms with Crippen molar-refractivity contribution in [3.63, 3.8) is 0 Å². The molecule has 14 heavy (non-hydrogen) atoms. The van der Waals surface area contributed by atoms with Crippen LogP contribution in [-0.4, -0.2) is 17.6 Å². The van der Waals surface area contributed by atoms with Gasteiger partial charge in [0, 0.05) is 5.56 Å². The lowest BCUT2D eigenvalue weighted by molar-refractivity contribution is 0.626. The van der Waals surface area contributed by atoms with E-state index >= 15 is 0 Å². The second kappa shape index (κ2) is 5.39. The van der Waals surface area contributed by atoms with Crippen LogP contribution < -0.4 is 5.73 Å². The summed E-state index contributed by atoms with van der Waals surface area (Å²) in [5.74, 6) is -0.325. The second-order valence-electron chi connectivity index (χ2n) is 2.41. The summed E-state index contributed by atoms with van der Waals surface area (Å²) in [5.41, 5.74) is 5.77. The lowest BCUT2D eigenvalue weighted by Gasteiger charge is -1.92. The third kappa shape index (κ3) is 3.18. The predicted octanol–water partition coefficient (Wildman–Crippen LogP) is 1.84. The first-order chi connectivity index (χ1) is 6.74. The predicted molar refractivity (Wildman–Crippen MR) is 59.1 cm³/mol. The van der Waals surface area contributed by atoms with Crippen LogP contribution in [0.2, 0.25) is 0 Å². The Morgan fingerprint density at radius 2 is 2.21 bits per heavy atom. The molecule has 0 amide bonds. The van der Waals surface area contributed by atoms with Gasteiger partial charge in [-0.2, -0.15) is 5.10 Å². The highest BCUT2D eigenvalue weighted by Crippen LogP contribution is 2.03. The van der Waals surface area contributed by atoms with Gasteiger partial charge in [0.25, 0.3) is 0 Å². The zero-order valence-corrected chi connectivity index (χ0v) is 8.46. The van der Waals surface area contributed by atoms with Crippen molar-refractivity contribution in [1.82, 2.24) is 0 Å². The van der Waals surface area contributed by atoms with Gasteiger partial charge in [-0.3, -0.25) is 0 Å². The van der Waals surface area contributed by atoms with Crippen LogP contribution in [0, 0.1) is 5.82 Å². The highest BCUT2D eigenvalue weighted by molar-refractivity contribution is 8.13. The molecule has 0 unspecified atom stereocenters. The Labute approximate surface area is 85.9 Å². The molecule has 0 aliphatic carbocycles. The Morgan fingerprint density at radius 1 is 1.50 bits per heavy atom. The van der Waals surface area contributed by atoms with Gasteiger partial charge in [0.2, 0.25) is 0 Å². The van der Waals surface area contributed by atoms with Crippen LogP contribution >= 0.6 is 11.8 Å². The number of hydrogen-bond donors (Lipinski definition) is 1. The van der Waals surface area contributed by atoms with Gasteiger partial charge in [-0.1, -0.05) is 30.0 Å². The highest BCUT2D eigenvalue weighted by atomic mass is 32.2. The van der Waals surface area contributed by atoms with E-state index in [0.717, 1.165) is 0 Å². The minimum Gasteiger partial charge on any atom is -0.377 e. The third-order valence-electron chi connectivity index (χ3n) is 1.47. The normalized spacial score (nSPS) is 12.3. The number of rotatable bonds is 2. The molecule has 0 aromatic heterocycles. The Balaban J connectivity index is 2.74. The summed E-state index contributed by atoms with van der Waals surface area (Å²) >= 11 is 1.28. The first-order valence-corrected chi connectivity index (χ1v) is 5.11. The molecule has 1 rings (SSSR count). The quantitative estimate of drug-likeness (QED) is 0.461. The van der Waals surface area contributed by atoms with E-state index < -0.39 is 0 Å². The number of nitrogens with two attached hydrogens (primary N) is 1. The zero-order valence-electron chi connectivity index (χ0n) is 7.64. The molecule has 0 bridgehead atoms. The fourth-order valence-corrected chi connectivity index (χ4v) is 0.897. The average molecular weight is 211 g/mol. The molecule has 0 radical (unpaired) electrons. The van der Waals surface area contributed by atoms with Crippen molar-refractivity contribution in [2.45, 2.75) is 0 Å². The molecule has 1 aromatic carbocycles. The van der Waals surface area contributed by atoms with E-state index in [9.17, 15) is 4.39 Å². The molecule has 0 saturated carbocycles. The molecular formula is C9H10FN3S. The number of nitrogens with zero attached hydrogens (tertiary/aromatic N) is 2. The fourth-order valence-electron chi connectivity index (χ4n) is 0.769. The summed E-state index contributed by atoms with van der Waals surface area (Å²) in [5, 5.41) is 7.63. The van der Waals surface area contributed by atoms with Crippen molar-refractivity contribution in [3.05, 3.63) is 35.6 Å². The minimum absolute atomic E-state index is 0.325. The lowest BCUT2D eigenvalue weighted by Crippen LogP contribution is -2.04. The molecule has 0 fully saturated rings. The molecule has 0 aliphatic rings. The maximum atomic E-state index is 13.0. The molecule has 0 atom stereocenters. The molecular weight excluding hydrogens is 201 g/mol. The largest absolute Gasteiger partial charge is 0.377 e. The van der Waals surface area contributed by atoms with Crippen molar-refractivity contribution in [3.8, 4) is 0 Å². The Hall–Kier alpha value is -1.36. The molecule has 0 saturated heterocycles. The summed E-state index contributed by atoms with van der Waals surface area (Å²) in [6.45, 7) is 0. The SMILES string of the molecule is CS/C(N)=N/N=C/c1ccccc1F. The number of benzene rings is 1. The number of halogens is 1. The van der Waals surface area contributed by atoms with Gasteiger partial charge in [-0.25, -0.2) is 4.39 Å². The van der Waals surface area contributed by atoms with E-state index in [1.807, 2.05) is 0 Å². The summed E-state index contributed by atoms with van der Waals surface area (Å²) in [6.07, 6.45) is 3.12. The first-order valence-electron chi connectivity index (χ1n) is 3.89. The van der Waals surface area contributed by atoms with Gasteiger partial charge in [0.05, 0.1) is 6.21 Å². The Bertz CT molecular complexity index is 363. The monoisotopic (exact) mass is 211 g/mol. The van der Waals surface area contributed by atoms with Crippen molar-refractivity contribution in [2.24, 2.45) is 15.9 Å². The van der Waals surface area contributed by atoms with Crippen LogP contribution in [0.15, 0.2) is 34.5 Å². The summed E-state index contributed by atoms with van der Waals surface area (Å²) in [6, 6.07) is 6.32. The Kier molecular flexibility index (Phi) is 4.12. The zero-order chi connectivity index (χ0) is 10.4. The molecule has 2 N–H and O–H groups in total. The van der Waals surface area contributed by atoms with Crippen LogP contribution in [0.4, 0.5) is 4.39 Å². The summed E-state index contributed by atoms with van der Waals surface area (Å²) in [7, 11) is 0. The second-order valence-corrected chi connectivity index (χ2v) is 3.23. The molecule has 0 aliphatic heterocycles. The molecule has 0 spiro atoms. The van der Waals surface area contributed by atoms with Gasteiger partial charge < -0.3 is 5.73 Å². The van der Waals surface area contributed by atoms with Crippen LogP contribution in [0.3, 0.4) is 0 Å². The third-order valence-corrected chi connectivity index (χ3v) is 1.97. The molecule has 1 aromatic rings. The smallest absolute Gasteiger partial charge is 0.180 e. The topological polar surface area (TPSA) is 50.7 Å². The molecule has 5 heteroatoms. The van der Waals surface area contributed by atoms with E-state index in [1.54, 1.807) is 24.5 Å². The summed E-state index contributed by atoms with van der Waals surface area (Å²) in [4.78, 5) is 0. The van der Waals surface area contributed by atoms with E-state index in [0.29, 0.717) is 10.7 Å². The van der Waals surface area contributed by atoms with Crippen molar-refractivity contribution >= 4 is 23.1 Å². The standard InChI is InChI=1S/C9H10FN3S/c1-14-9(11)13-12-6-7-4-2-3-5-8(7)10/h2-6H,1H3,(H2,11,13)/b12-6+. The van der Waals surface area contributed by atoms with Gasteiger partial charge in [0.15, 0.2) is 5.17 Å². The number of amidine groups is 1. The highest BCUT2D eigenvalue weighted by Gasteiger charge is 1.94. The lowest BCUT2D eigenvalue weighted by atomic mass is 10.2. The van der Waals surface area contributed by atoms with E-state index in [4.69, 9.17) is 5.73 Å². The van der Waals surface area contributed by atoms with Crippen molar-refractivity contribution in [1.29, 1.82) is 0 Å². The fraction of sp³-hybridized carbons (Fsp3) is 0.111. The Morgan fingerprint density at radius 3 is 2.86 bits per heavy atom. The van der Waals surface area contributed by atoms with Crippen LogP contribution in [0.5, 0.6) is 0 Å². The number of hydrogen-bond acceptors (Lipinski definition) is 3. The van der Waals surface area contributed by atoms with Crippen LogP contribution in [0.25, 0.3) is 0 Å². The molecule has 0 heterocycles. The van der Waals surface area contributed by atoms with Crippen molar-refractivity contribution < 1.29 is 4.39 Å². The van der Waals surface area contributed by atoms with Crippen molar-refractivity contribution in [2.75, 3.05) is 6.26 Å². The first kappa shape index (κ1) is 10.7. The van der Waals surface area contributed by atoms with Gasteiger partial charge in [-0.15, -0.1) is 5.10 Å². The van der Waals surface area contributed by atoms with Crippen LogP contribution in [0.1, 0.15) is 5.56 Å². The summed E-state index contributed by atoms with van der Waals surface area (Å²) < 4.78 is 13.0. The van der Waals surface area contributed by atoms with E-state index in [2.05, 4.69) is 10.2 Å². The van der Waals surface area contributed by atoms with Crippen LogP contribution in [-0.2, 0) is 0 Å². The maximum absolute atomic E-state index is 13.0. The molecule has 3 nitrogen and oxygen atoms in total. The molecule has 74 valence electrons. The number of thioether (sulfide) groups is 1. The van der Waals surface area contributed by atoms with Gasteiger partial charge in [-0.05, 0) is 12.3 Å². The maximum Gasteiger partial charge on any atom is 0.180 e. The van der Waals surface area contributed by atoms with E-state index in [1.165, 1.54) is 24.0 Å². The van der Waals surface area contributed by atoms with Gasteiger partial charge in [0.1, 0.15) is 5.82 Å². The van der Waals surface area contributed by atoms with Gasteiger partial charge >= 0.3 is 0 Å². The van der Waals surface area contributed by atoms with E-state index in [-0.39, 0.29) is 5.82 Å². The minimum atomic E-state index is -0.325.